The number of methoxy groups -OCH3 is 1. The molecule has 0 radical (unpaired) electrons. The van der Waals surface area contributed by atoms with Crippen molar-refractivity contribution < 1.29 is 14.3 Å². The number of halogens is 1. The highest BCUT2D eigenvalue weighted by atomic mass is 35.5. The van der Waals surface area contributed by atoms with Crippen LogP contribution in [0.15, 0.2) is 24.5 Å². The van der Waals surface area contributed by atoms with Gasteiger partial charge < -0.3 is 14.8 Å². The van der Waals surface area contributed by atoms with Crippen molar-refractivity contribution in [1.82, 2.24) is 15.2 Å². The number of nitrogens with one attached hydrogen (secondary N) is 2. The molecule has 0 saturated carbocycles. The fraction of sp³-hybridized carbons (Fsp3) is 0.250. The zero-order chi connectivity index (χ0) is 14.4. The van der Waals surface area contributed by atoms with E-state index in [1.165, 1.54) is 6.33 Å². The molecule has 8 heteroatoms. The lowest BCUT2D eigenvalue weighted by molar-refractivity contribution is 0.101. The summed E-state index contributed by atoms with van der Waals surface area (Å²) in [5.74, 6) is 0.175. The summed E-state index contributed by atoms with van der Waals surface area (Å²) in [5, 5.41) is 9.23. The van der Waals surface area contributed by atoms with Crippen molar-refractivity contribution in [3.8, 4) is 5.75 Å². The molecule has 2 rings (SSSR count). The van der Waals surface area contributed by atoms with Gasteiger partial charge in [0.15, 0.2) is 0 Å². The van der Waals surface area contributed by atoms with Crippen LogP contribution < -0.4 is 10.1 Å². The van der Waals surface area contributed by atoms with Crippen LogP contribution in [0.4, 0.5) is 5.69 Å². The number of hydrogen-bond donors (Lipinski definition) is 2. The molecule has 1 aromatic heterocycles. The Bertz CT molecular complexity index is 574. The van der Waals surface area contributed by atoms with E-state index in [1.807, 2.05) is 0 Å². The second kappa shape index (κ2) is 6.88. The van der Waals surface area contributed by atoms with Crippen LogP contribution in [0.2, 0.25) is 5.02 Å². The van der Waals surface area contributed by atoms with Gasteiger partial charge in [-0.25, -0.2) is 4.98 Å². The Morgan fingerprint density at radius 3 is 3.00 bits per heavy atom. The zero-order valence-electron chi connectivity index (χ0n) is 10.7. The number of amides is 1. The zero-order valence-corrected chi connectivity index (χ0v) is 11.5. The summed E-state index contributed by atoms with van der Waals surface area (Å²) in [6.07, 6.45) is 1.25. The molecule has 0 aliphatic rings. The van der Waals surface area contributed by atoms with E-state index in [-0.39, 0.29) is 5.82 Å². The molecule has 7 nitrogen and oxygen atoms in total. The predicted octanol–water partition coefficient (Wildman–Crippen LogP) is 1.74. The van der Waals surface area contributed by atoms with Crippen LogP contribution >= 0.6 is 11.6 Å². The predicted molar refractivity (Wildman–Crippen MR) is 73.2 cm³/mol. The largest absolute Gasteiger partial charge is 0.489 e. The van der Waals surface area contributed by atoms with Gasteiger partial charge in [-0.3, -0.25) is 9.89 Å². The normalized spacial score (nSPS) is 10.3. The van der Waals surface area contributed by atoms with Gasteiger partial charge in [-0.05, 0) is 18.2 Å². The number of carbonyl (C=O) groups is 1. The van der Waals surface area contributed by atoms with Gasteiger partial charge in [0, 0.05) is 12.1 Å². The van der Waals surface area contributed by atoms with Crippen molar-refractivity contribution in [2.45, 2.75) is 0 Å². The third-order valence-corrected chi connectivity index (χ3v) is 2.60. The highest BCUT2D eigenvalue weighted by molar-refractivity contribution is 6.31. The summed E-state index contributed by atoms with van der Waals surface area (Å²) in [6, 6.07) is 4.94. The Kier molecular flexibility index (Phi) is 4.91. The lowest BCUT2D eigenvalue weighted by Crippen LogP contribution is -2.15. The van der Waals surface area contributed by atoms with E-state index in [2.05, 4.69) is 20.5 Å². The molecule has 0 bridgehead atoms. The highest BCUT2D eigenvalue weighted by Gasteiger charge is 2.12. The molecule has 0 atom stereocenters. The van der Waals surface area contributed by atoms with E-state index in [0.29, 0.717) is 29.7 Å². The van der Waals surface area contributed by atoms with Crippen LogP contribution in [0.25, 0.3) is 0 Å². The van der Waals surface area contributed by atoms with Gasteiger partial charge in [0.1, 0.15) is 18.7 Å². The van der Waals surface area contributed by atoms with Crippen molar-refractivity contribution >= 4 is 23.2 Å². The van der Waals surface area contributed by atoms with E-state index in [9.17, 15) is 4.79 Å². The Morgan fingerprint density at radius 1 is 1.45 bits per heavy atom. The average molecular weight is 297 g/mol. The summed E-state index contributed by atoms with van der Waals surface area (Å²) in [5.41, 5.74) is 0.454. The molecule has 0 aliphatic heterocycles. The maximum atomic E-state index is 11.9. The number of rotatable bonds is 6. The van der Waals surface area contributed by atoms with Gasteiger partial charge in [0.05, 0.1) is 12.3 Å². The average Bonchev–Trinajstić information content (AvgIpc) is 2.95. The van der Waals surface area contributed by atoms with Gasteiger partial charge in [-0.2, -0.15) is 5.10 Å². The summed E-state index contributed by atoms with van der Waals surface area (Å²) in [6.45, 7) is 0.807. The number of ether oxygens (including phenoxy) is 2. The molecule has 1 heterocycles. The van der Waals surface area contributed by atoms with Gasteiger partial charge in [-0.15, -0.1) is 0 Å². The number of H-pyrrole nitrogens is 1. The standard InChI is InChI=1S/C12H13ClN4O3/c1-19-4-5-20-10-3-2-8(13)6-9(10)16-12(18)11-14-7-15-17-11/h2-3,6-7H,4-5H2,1H3,(H,16,18)(H,14,15,17). The first-order valence-electron chi connectivity index (χ1n) is 5.78. The molecule has 0 fully saturated rings. The molecule has 106 valence electrons. The third kappa shape index (κ3) is 3.69. The lowest BCUT2D eigenvalue weighted by Gasteiger charge is -2.12. The number of carbonyl (C=O) groups excluding carboxylic acids is 1. The highest BCUT2D eigenvalue weighted by Crippen LogP contribution is 2.28. The first kappa shape index (κ1) is 14.3. The molecule has 0 saturated heterocycles. The SMILES string of the molecule is COCCOc1ccc(Cl)cc1NC(=O)c1ncn[nH]1. The van der Waals surface area contributed by atoms with Crippen LogP contribution in [0.5, 0.6) is 5.75 Å². The van der Waals surface area contributed by atoms with Crippen LogP contribution in [0.1, 0.15) is 10.6 Å². The summed E-state index contributed by atoms with van der Waals surface area (Å²) in [4.78, 5) is 15.7. The van der Waals surface area contributed by atoms with E-state index < -0.39 is 5.91 Å². The van der Waals surface area contributed by atoms with E-state index >= 15 is 0 Å². The third-order valence-electron chi connectivity index (χ3n) is 2.36. The molecule has 2 N–H and O–H groups in total. The fourth-order valence-electron chi connectivity index (χ4n) is 1.46. The second-order valence-electron chi connectivity index (χ2n) is 3.77. The Hall–Kier alpha value is -2.12. The van der Waals surface area contributed by atoms with Crippen LogP contribution in [0.3, 0.4) is 0 Å². The van der Waals surface area contributed by atoms with Crippen molar-refractivity contribution in [2.24, 2.45) is 0 Å². The molecule has 20 heavy (non-hydrogen) atoms. The maximum Gasteiger partial charge on any atom is 0.293 e. The van der Waals surface area contributed by atoms with E-state index in [4.69, 9.17) is 21.1 Å². The van der Waals surface area contributed by atoms with Crippen LogP contribution in [-0.2, 0) is 4.74 Å². The number of aromatic nitrogens is 3. The van der Waals surface area contributed by atoms with Crippen molar-refractivity contribution in [3.05, 3.63) is 35.4 Å². The van der Waals surface area contributed by atoms with Crippen molar-refractivity contribution in [2.75, 3.05) is 25.6 Å². The van der Waals surface area contributed by atoms with E-state index in [1.54, 1.807) is 25.3 Å². The molecular weight excluding hydrogens is 284 g/mol. The Morgan fingerprint density at radius 2 is 2.30 bits per heavy atom. The number of benzene rings is 1. The maximum absolute atomic E-state index is 11.9. The Balaban J connectivity index is 2.12. The molecule has 1 amide bonds. The van der Waals surface area contributed by atoms with Crippen molar-refractivity contribution in [3.63, 3.8) is 0 Å². The number of aromatic amines is 1. The molecule has 0 spiro atoms. The monoisotopic (exact) mass is 296 g/mol. The number of hydrogen-bond acceptors (Lipinski definition) is 5. The Labute approximate surface area is 120 Å². The van der Waals surface area contributed by atoms with Crippen LogP contribution in [-0.4, -0.2) is 41.4 Å². The minimum Gasteiger partial charge on any atom is -0.489 e. The summed E-state index contributed by atoms with van der Waals surface area (Å²) >= 11 is 5.92. The topological polar surface area (TPSA) is 89.1 Å². The summed E-state index contributed by atoms with van der Waals surface area (Å²) in [7, 11) is 1.58. The van der Waals surface area contributed by atoms with Gasteiger partial charge in [0.25, 0.3) is 5.91 Å². The smallest absolute Gasteiger partial charge is 0.293 e. The fourth-order valence-corrected chi connectivity index (χ4v) is 1.63. The van der Waals surface area contributed by atoms with Gasteiger partial charge in [-0.1, -0.05) is 11.6 Å². The van der Waals surface area contributed by atoms with Gasteiger partial charge >= 0.3 is 0 Å². The first-order chi connectivity index (χ1) is 9.70. The second-order valence-corrected chi connectivity index (χ2v) is 4.21. The van der Waals surface area contributed by atoms with Crippen molar-refractivity contribution in [1.29, 1.82) is 0 Å². The molecule has 2 aromatic rings. The lowest BCUT2D eigenvalue weighted by atomic mass is 10.3. The molecule has 1 aromatic carbocycles. The minimum atomic E-state index is -0.429. The van der Waals surface area contributed by atoms with Crippen LogP contribution in [0, 0.1) is 0 Å². The van der Waals surface area contributed by atoms with Gasteiger partial charge in [0.2, 0.25) is 5.82 Å². The summed E-state index contributed by atoms with van der Waals surface area (Å²) < 4.78 is 10.4. The minimum absolute atomic E-state index is 0.104. The quantitative estimate of drug-likeness (QED) is 0.793. The first-order valence-corrected chi connectivity index (χ1v) is 6.16. The molecule has 0 aliphatic carbocycles. The number of nitrogens with zero attached hydrogens (tertiary/aromatic N) is 2. The van der Waals surface area contributed by atoms with E-state index in [0.717, 1.165) is 0 Å². The number of anilines is 1. The molecular formula is C12H13ClN4O3. The molecule has 0 unspecified atom stereocenters.